The van der Waals surface area contributed by atoms with E-state index in [4.69, 9.17) is 10.8 Å². The number of aliphatic hydroxyl groups excluding tert-OH is 1. The van der Waals surface area contributed by atoms with Crippen molar-refractivity contribution in [3.63, 3.8) is 0 Å². The lowest BCUT2D eigenvalue weighted by Crippen LogP contribution is -2.37. The molecule has 2 nitrogen and oxygen atoms in total. The Bertz CT molecular complexity index is 310. The standard InChI is InChI=1S/C10H14FNO/c1-7-5-8(11)3-4-9(7)10(2,12)6-13/h3-5,13H,6,12H2,1-2H3/t10-/m1/s1. The quantitative estimate of drug-likeness (QED) is 0.726. The molecular weight excluding hydrogens is 169 g/mol. The van der Waals surface area contributed by atoms with Crippen LogP contribution in [0.3, 0.4) is 0 Å². The van der Waals surface area contributed by atoms with Gasteiger partial charge in [0.05, 0.1) is 12.1 Å². The summed E-state index contributed by atoms with van der Waals surface area (Å²) >= 11 is 0. The third kappa shape index (κ3) is 2.05. The van der Waals surface area contributed by atoms with Gasteiger partial charge in [-0.25, -0.2) is 4.39 Å². The van der Waals surface area contributed by atoms with Gasteiger partial charge in [-0.1, -0.05) is 6.07 Å². The number of hydrogen-bond acceptors (Lipinski definition) is 2. The molecule has 0 aromatic heterocycles. The zero-order valence-electron chi connectivity index (χ0n) is 7.84. The monoisotopic (exact) mass is 183 g/mol. The highest BCUT2D eigenvalue weighted by molar-refractivity contribution is 5.32. The van der Waals surface area contributed by atoms with E-state index in [0.717, 1.165) is 11.1 Å². The van der Waals surface area contributed by atoms with Crippen LogP contribution in [0.5, 0.6) is 0 Å². The average Bonchev–Trinajstić information content (AvgIpc) is 2.03. The minimum Gasteiger partial charge on any atom is -0.394 e. The van der Waals surface area contributed by atoms with Crippen molar-refractivity contribution in [2.75, 3.05) is 6.61 Å². The summed E-state index contributed by atoms with van der Waals surface area (Å²) in [5.41, 5.74) is 6.56. The maximum Gasteiger partial charge on any atom is 0.123 e. The van der Waals surface area contributed by atoms with Crippen molar-refractivity contribution in [3.05, 3.63) is 35.1 Å². The van der Waals surface area contributed by atoms with E-state index < -0.39 is 5.54 Å². The van der Waals surface area contributed by atoms with E-state index in [-0.39, 0.29) is 12.4 Å². The second-order valence-electron chi connectivity index (χ2n) is 3.53. The number of aliphatic hydroxyl groups is 1. The van der Waals surface area contributed by atoms with Crippen LogP contribution in [0.1, 0.15) is 18.1 Å². The Morgan fingerprint density at radius 1 is 1.54 bits per heavy atom. The first-order valence-electron chi connectivity index (χ1n) is 4.14. The van der Waals surface area contributed by atoms with Gasteiger partial charge in [-0.05, 0) is 37.1 Å². The number of hydrogen-bond donors (Lipinski definition) is 2. The van der Waals surface area contributed by atoms with E-state index in [2.05, 4.69) is 0 Å². The van der Waals surface area contributed by atoms with E-state index in [0.29, 0.717) is 0 Å². The summed E-state index contributed by atoms with van der Waals surface area (Å²) in [4.78, 5) is 0. The topological polar surface area (TPSA) is 46.2 Å². The zero-order chi connectivity index (χ0) is 10.1. The van der Waals surface area contributed by atoms with E-state index in [9.17, 15) is 4.39 Å². The van der Waals surface area contributed by atoms with Gasteiger partial charge in [0.2, 0.25) is 0 Å². The molecule has 1 atom stereocenters. The minimum atomic E-state index is -0.794. The summed E-state index contributed by atoms with van der Waals surface area (Å²) in [5, 5.41) is 9.02. The SMILES string of the molecule is Cc1cc(F)ccc1[C@](C)(N)CO. The fourth-order valence-corrected chi connectivity index (χ4v) is 1.35. The fraction of sp³-hybridized carbons (Fsp3) is 0.400. The number of rotatable bonds is 2. The molecule has 0 aliphatic rings. The molecule has 0 radical (unpaired) electrons. The zero-order valence-corrected chi connectivity index (χ0v) is 7.84. The summed E-state index contributed by atoms with van der Waals surface area (Å²) in [5.74, 6) is -0.282. The van der Waals surface area contributed by atoms with Gasteiger partial charge in [-0.2, -0.15) is 0 Å². The van der Waals surface area contributed by atoms with Gasteiger partial charge in [0.15, 0.2) is 0 Å². The first-order valence-corrected chi connectivity index (χ1v) is 4.14. The van der Waals surface area contributed by atoms with Crippen molar-refractivity contribution < 1.29 is 9.50 Å². The second-order valence-corrected chi connectivity index (χ2v) is 3.53. The number of halogens is 1. The highest BCUT2D eigenvalue weighted by atomic mass is 19.1. The fourth-order valence-electron chi connectivity index (χ4n) is 1.35. The van der Waals surface area contributed by atoms with E-state index in [1.165, 1.54) is 12.1 Å². The molecule has 3 N–H and O–H groups in total. The lowest BCUT2D eigenvalue weighted by atomic mass is 9.90. The van der Waals surface area contributed by atoms with Crippen molar-refractivity contribution >= 4 is 0 Å². The molecule has 0 unspecified atom stereocenters. The Labute approximate surface area is 77.2 Å². The third-order valence-corrected chi connectivity index (χ3v) is 2.13. The van der Waals surface area contributed by atoms with Crippen LogP contribution in [0.2, 0.25) is 0 Å². The van der Waals surface area contributed by atoms with Gasteiger partial charge in [-0.15, -0.1) is 0 Å². The number of benzene rings is 1. The Balaban J connectivity index is 3.16. The van der Waals surface area contributed by atoms with Crippen LogP contribution in [0.4, 0.5) is 4.39 Å². The van der Waals surface area contributed by atoms with Crippen molar-refractivity contribution in [2.45, 2.75) is 19.4 Å². The second kappa shape index (κ2) is 3.44. The number of nitrogens with two attached hydrogens (primary N) is 1. The van der Waals surface area contributed by atoms with Gasteiger partial charge >= 0.3 is 0 Å². The molecule has 0 fully saturated rings. The van der Waals surface area contributed by atoms with Gasteiger partial charge in [0, 0.05) is 0 Å². The highest BCUT2D eigenvalue weighted by Gasteiger charge is 2.21. The summed E-state index contributed by atoms with van der Waals surface area (Å²) in [6, 6.07) is 4.38. The van der Waals surface area contributed by atoms with Crippen molar-refractivity contribution in [3.8, 4) is 0 Å². The van der Waals surface area contributed by atoms with Crippen molar-refractivity contribution in [1.29, 1.82) is 0 Å². The van der Waals surface area contributed by atoms with Crippen LogP contribution in [-0.2, 0) is 5.54 Å². The van der Waals surface area contributed by atoms with E-state index >= 15 is 0 Å². The molecule has 0 amide bonds. The first kappa shape index (κ1) is 10.2. The number of aryl methyl sites for hydroxylation is 1. The highest BCUT2D eigenvalue weighted by Crippen LogP contribution is 2.21. The minimum absolute atomic E-state index is 0.153. The Morgan fingerprint density at radius 3 is 2.62 bits per heavy atom. The summed E-state index contributed by atoms with van der Waals surface area (Å²) in [6.45, 7) is 3.34. The van der Waals surface area contributed by atoms with Crippen LogP contribution in [0.25, 0.3) is 0 Å². The molecule has 0 saturated carbocycles. The van der Waals surface area contributed by atoms with Crippen LogP contribution in [0, 0.1) is 12.7 Å². The molecule has 0 saturated heterocycles. The van der Waals surface area contributed by atoms with Crippen molar-refractivity contribution in [1.82, 2.24) is 0 Å². The van der Waals surface area contributed by atoms with Crippen LogP contribution in [-0.4, -0.2) is 11.7 Å². The maximum absolute atomic E-state index is 12.7. The van der Waals surface area contributed by atoms with E-state index in [1.54, 1.807) is 19.9 Å². The molecule has 1 aromatic rings. The molecule has 3 heteroatoms. The third-order valence-electron chi connectivity index (χ3n) is 2.13. The maximum atomic E-state index is 12.7. The molecule has 1 rings (SSSR count). The van der Waals surface area contributed by atoms with Crippen molar-refractivity contribution in [2.24, 2.45) is 5.73 Å². The molecule has 0 bridgehead atoms. The largest absolute Gasteiger partial charge is 0.394 e. The summed E-state index contributed by atoms with van der Waals surface area (Å²) in [6.07, 6.45) is 0. The molecular formula is C10H14FNO. The van der Waals surface area contributed by atoms with Crippen LogP contribution < -0.4 is 5.73 Å². The predicted octanol–water partition coefficient (Wildman–Crippen LogP) is 1.30. The summed E-state index contributed by atoms with van der Waals surface area (Å²) < 4.78 is 12.7. The Kier molecular flexibility index (Phi) is 2.68. The smallest absolute Gasteiger partial charge is 0.123 e. The Hall–Kier alpha value is -0.930. The molecule has 0 aliphatic carbocycles. The predicted molar refractivity (Wildman–Crippen MR) is 49.8 cm³/mol. The molecule has 1 aromatic carbocycles. The Morgan fingerprint density at radius 2 is 2.15 bits per heavy atom. The molecule has 72 valence electrons. The van der Waals surface area contributed by atoms with Gasteiger partial charge in [0.25, 0.3) is 0 Å². The van der Waals surface area contributed by atoms with Gasteiger partial charge < -0.3 is 10.8 Å². The summed E-state index contributed by atoms with van der Waals surface area (Å²) in [7, 11) is 0. The first-order chi connectivity index (χ1) is 5.97. The molecule has 0 heterocycles. The normalized spacial score (nSPS) is 15.5. The molecule has 0 spiro atoms. The van der Waals surface area contributed by atoms with Gasteiger partial charge in [-0.3, -0.25) is 0 Å². The lowest BCUT2D eigenvalue weighted by molar-refractivity contribution is 0.209. The molecule has 13 heavy (non-hydrogen) atoms. The lowest BCUT2D eigenvalue weighted by Gasteiger charge is -2.24. The van der Waals surface area contributed by atoms with Gasteiger partial charge in [0.1, 0.15) is 5.82 Å². The van der Waals surface area contributed by atoms with E-state index in [1.807, 2.05) is 0 Å². The van der Waals surface area contributed by atoms with Crippen LogP contribution >= 0.6 is 0 Å². The van der Waals surface area contributed by atoms with Crippen LogP contribution in [0.15, 0.2) is 18.2 Å². The average molecular weight is 183 g/mol. The molecule has 0 aliphatic heterocycles.